The van der Waals surface area contributed by atoms with Crippen molar-refractivity contribution in [2.45, 2.75) is 25.7 Å². The van der Waals surface area contributed by atoms with Gasteiger partial charge in [-0.15, -0.1) is 12.4 Å². The Kier molecular flexibility index (Phi) is 7.03. The van der Waals surface area contributed by atoms with Gasteiger partial charge in [0.25, 0.3) is 0 Å². The van der Waals surface area contributed by atoms with Crippen LogP contribution in [0.4, 0.5) is 9.52 Å². The third kappa shape index (κ3) is 4.59. The van der Waals surface area contributed by atoms with Crippen LogP contribution >= 0.6 is 23.7 Å². The van der Waals surface area contributed by atoms with Crippen LogP contribution in [0.15, 0.2) is 18.2 Å². The van der Waals surface area contributed by atoms with Gasteiger partial charge < -0.3 is 4.74 Å². The Morgan fingerprint density at radius 2 is 2.04 bits per heavy atom. The molecule has 8 heteroatoms. The van der Waals surface area contributed by atoms with Gasteiger partial charge in [-0.2, -0.15) is 0 Å². The highest BCUT2D eigenvalue weighted by Crippen LogP contribution is 2.33. The van der Waals surface area contributed by atoms with Crippen LogP contribution in [0.1, 0.15) is 25.7 Å². The SMILES string of the molecule is Cl.O=C(C1CCCC1)N(CCN1CCOCC1)c1nc2c(F)cccc2s1. The van der Waals surface area contributed by atoms with Crippen LogP contribution in [-0.4, -0.2) is 55.2 Å². The molecule has 4 rings (SSSR count). The van der Waals surface area contributed by atoms with Gasteiger partial charge >= 0.3 is 0 Å². The molecule has 1 saturated heterocycles. The first-order valence-electron chi connectivity index (χ1n) is 9.39. The Hall–Kier alpha value is -1.28. The molecule has 2 fully saturated rings. The maximum atomic E-state index is 14.1. The fraction of sp³-hybridized carbons (Fsp3) is 0.579. The highest BCUT2D eigenvalue weighted by molar-refractivity contribution is 7.22. The van der Waals surface area contributed by atoms with Gasteiger partial charge in [0.2, 0.25) is 5.91 Å². The van der Waals surface area contributed by atoms with Crippen LogP contribution in [0.5, 0.6) is 0 Å². The smallest absolute Gasteiger partial charge is 0.231 e. The number of halogens is 2. The number of anilines is 1. The number of amides is 1. The van der Waals surface area contributed by atoms with E-state index in [1.54, 1.807) is 11.0 Å². The van der Waals surface area contributed by atoms with Crippen LogP contribution < -0.4 is 4.90 Å². The highest BCUT2D eigenvalue weighted by Gasteiger charge is 2.30. The molecule has 0 N–H and O–H groups in total. The van der Waals surface area contributed by atoms with E-state index in [0.29, 0.717) is 17.2 Å². The van der Waals surface area contributed by atoms with Crippen molar-refractivity contribution >= 4 is 45.0 Å². The van der Waals surface area contributed by atoms with E-state index in [2.05, 4.69) is 9.88 Å². The van der Waals surface area contributed by atoms with Gasteiger partial charge in [-0.05, 0) is 25.0 Å². The second-order valence-corrected chi connectivity index (χ2v) is 8.02. The molecule has 1 aliphatic heterocycles. The van der Waals surface area contributed by atoms with E-state index in [9.17, 15) is 9.18 Å². The summed E-state index contributed by atoms with van der Waals surface area (Å²) in [6.07, 6.45) is 4.13. The zero-order chi connectivity index (χ0) is 17.9. The predicted octanol–water partition coefficient (Wildman–Crippen LogP) is 3.71. The number of ether oxygens (including phenoxy) is 1. The fourth-order valence-corrected chi connectivity index (χ4v) is 4.79. The lowest BCUT2D eigenvalue weighted by Crippen LogP contribution is -2.44. The van der Waals surface area contributed by atoms with E-state index < -0.39 is 0 Å². The van der Waals surface area contributed by atoms with Crippen molar-refractivity contribution in [3.8, 4) is 0 Å². The summed E-state index contributed by atoms with van der Waals surface area (Å²) < 4.78 is 20.2. The Balaban J connectivity index is 0.00000210. The lowest BCUT2D eigenvalue weighted by molar-refractivity contribution is -0.122. The molecular formula is C19H25ClFN3O2S. The summed E-state index contributed by atoms with van der Waals surface area (Å²) in [5.41, 5.74) is 0.364. The van der Waals surface area contributed by atoms with Gasteiger partial charge in [0.05, 0.1) is 17.9 Å². The largest absolute Gasteiger partial charge is 0.379 e. The number of rotatable bonds is 5. The van der Waals surface area contributed by atoms with Crippen molar-refractivity contribution in [2.24, 2.45) is 5.92 Å². The first kappa shape index (κ1) is 20.5. The van der Waals surface area contributed by atoms with Crippen LogP contribution in [-0.2, 0) is 9.53 Å². The van der Waals surface area contributed by atoms with E-state index in [1.807, 2.05) is 6.07 Å². The summed E-state index contributed by atoms with van der Waals surface area (Å²) >= 11 is 1.40. The molecule has 0 unspecified atom stereocenters. The lowest BCUT2D eigenvalue weighted by Gasteiger charge is -2.30. The molecule has 0 radical (unpaired) electrons. The summed E-state index contributed by atoms with van der Waals surface area (Å²) in [7, 11) is 0. The summed E-state index contributed by atoms with van der Waals surface area (Å²) in [6, 6.07) is 4.97. The molecule has 0 spiro atoms. The molecule has 1 aromatic carbocycles. The monoisotopic (exact) mass is 413 g/mol. The first-order chi connectivity index (χ1) is 12.7. The normalized spacial score (nSPS) is 18.6. The van der Waals surface area contributed by atoms with Crippen molar-refractivity contribution in [1.82, 2.24) is 9.88 Å². The number of hydrogen-bond donors (Lipinski definition) is 0. The quantitative estimate of drug-likeness (QED) is 0.749. The fourth-order valence-electron chi connectivity index (χ4n) is 3.78. The second kappa shape index (κ2) is 9.28. The molecule has 1 aromatic heterocycles. The predicted molar refractivity (Wildman–Crippen MR) is 108 cm³/mol. The van der Waals surface area contributed by atoms with Crippen molar-refractivity contribution in [2.75, 3.05) is 44.3 Å². The van der Waals surface area contributed by atoms with Crippen molar-refractivity contribution in [1.29, 1.82) is 0 Å². The topological polar surface area (TPSA) is 45.7 Å². The Labute approximate surface area is 168 Å². The molecule has 1 amide bonds. The summed E-state index contributed by atoms with van der Waals surface area (Å²) in [5.74, 6) is -0.0989. The standard InChI is InChI=1S/C19H24FN3O2S.ClH/c20-15-6-3-7-16-17(15)21-19(26-16)23(18(24)14-4-1-2-5-14)9-8-22-10-12-25-13-11-22;/h3,6-7,14H,1-2,4-5,8-13H2;1H. The molecular weight excluding hydrogens is 389 g/mol. The van der Waals surface area contributed by atoms with E-state index in [4.69, 9.17) is 4.74 Å². The van der Waals surface area contributed by atoms with Gasteiger partial charge in [-0.3, -0.25) is 14.6 Å². The van der Waals surface area contributed by atoms with Crippen LogP contribution in [0.2, 0.25) is 0 Å². The minimum atomic E-state index is -0.327. The number of fused-ring (bicyclic) bond motifs is 1. The first-order valence-corrected chi connectivity index (χ1v) is 10.2. The van der Waals surface area contributed by atoms with Crippen molar-refractivity contribution in [3.63, 3.8) is 0 Å². The third-order valence-electron chi connectivity index (χ3n) is 5.30. The summed E-state index contributed by atoms with van der Waals surface area (Å²) in [5, 5.41) is 0.621. The minimum Gasteiger partial charge on any atom is -0.379 e. The van der Waals surface area contributed by atoms with Crippen molar-refractivity contribution < 1.29 is 13.9 Å². The van der Waals surface area contributed by atoms with Crippen LogP contribution in [0, 0.1) is 11.7 Å². The number of hydrogen-bond acceptors (Lipinski definition) is 5. The molecule has 5 nitrogen and oxygen atoms in total. The number of thiazole rings is 1. The van der Waals surface area contributed by atoms with E-state index in [1.165, 1.54) is 17.4 Å². The molecule has 2 heterocycles. The number of carbonyl (C=O) groups excluding carboxylic acids is 1. The van der Waals surface area contributed by atoms with Gasteiger partial charge in [0.1, 0.15) is 11.3 Å². The van der Waals surface area contributed by atoms with E-state index in [-0.39, 0.29) is 30.0 Å². The number of para-hydroxylation sites is 1. The number of nitrogens with zero attached hydrogens (tertiary/aromatic N) is 3. The molecule has 2 aromatic rings. The Morgan fingerprint density at radius 3 is 2.74 bits per heavy atom. The molecule has 0 atom stereocenters. The Bertz CT molecular complexity index is 775. The van der Waals surface area contributed by atoms with Gasteiger partial charge in [-0.1, -0.05) is 30.2 Å². The molecule has 1 aliphatic carbocycles. The zero-order valence-electron chi connectivity index (χ0n) is 15.2. The van der Waals surface area contributed by atoms with Crippen LogP contribution in [0.3, 0.4) is 0 Å². The van der Waals surface area contributed by atoms with E-state index >= 15 is 0 Å². The average Bonchev–Trinajstić information content (AvgIpc) is 3.33. The summed E-state index contributed by atoms with van der Waals surface area (Å²) in [4.78, 5) is 21.7. The second-order valence-electron chi connectivity index (χ2n) is 7.01. The number of aromatic nitrogens is 1. The van der Waals surface area contributed by atoms with Gasteiger partial charge in [-0.25, -0.2) is 9.37 Å². The number of benzene rings is 1. The molecule has 27 heavy (non-hydrogen) atoms. The van der Waals surface area contributed by atoms with Gasteiger partial charge in [0, 0.05) is 32.1 Å². The third-order valence-corrected chi connectivity index (χ3v) is 6.35. The molecule has 148 valence electrons. The van der Waals surface area contributed by atoms with Crippen LogP contribution in [0.25, 0.3) is 10.2 Å². The molecule has 0 bridgehead atoms. The highest BCUT2D eigenvalue weighted by atomic mass is 35.5. The Morgan fingerprint density at radius 1 is 1.30 bits per heavy atom. The maximum absolute atomic E-state index is 14.1. The van der Waals surface area contributed by atoms with Gasteiger partial charge in [0.15, 0.2) is 5.13 Å². The zero-order valence-corrected chi connectivity index (χ0v) is 16.9. The van der Waals surface area contributed by atoms with E-state index in [0.717, 1.165) is 63.2 Å². The molecule has 1 saturated carbocycles. The number of morpholine rings is 1. The average molecular weight is 414 g/mol. The summed E-state index contributed by atoms with van der Waals surface area (Å²) in [6.45, 7) is 4.64. The lowest BCUT2D eigenvalue weighted by atomic mass is 10.1. The maximum Gasteiger partial charge on any atom is 0.231 e. The molecule has 2 aliphatic rings. The minimum absolute atomic E-state index is 0. The number of carbonyl (C=O) groups is 1. The van der Waals surface area contributed by atoms with Crippen molar-refractivity contribution in [3.05, 3.63) is 24.0 Å².